The monoisotopic (exact) mass is 278 g/mol. The molecule has 1 aromatic carbocycles. The van der Waals surface area contributed by atoms with Gasteiger partial charge < -0.3 is 11.1 Å². The van der Waals surface area contributed by atoms with E-state index in [2.05, 4.69) is 15.3 Å². The number of hydrogen-bond acceptors (Lipinski definition) is 4. The average Bonchev–Trinajstić information content (AvgIpc) is 2.35. The van der Waals surface area contributed by atoms with Crippen LogP contribution in [0.15, 0.2) is 30.6 Å². The summed E-state index contributed by atoms with van der Waals surface area (Å²) in [4.78, 5) is 20.4. The molecule has 0 bridgehead atoms. The second kappa shape index (κ2) is 5.11. The van der Waals surface area contributed by atoms with Crippen molar-refractivity contribution >= 4 is 35.0 Å². The Balaban J connectivity index is 0.00000133. The van der Waals surface area contributed by atoms with Crippen molar-refractivity contribution in [1.82, 2.24) is 9.97 Å². The van der Waals surface area contributed by atoms with Gasteiger partial charge in [0.1, 0.15) is 0 Å². The number of carbonyl (C=O) groups excluding carboxylic acids is 1. The topological polar surface area (TPSA) is 80.9 Å². The van der Waals surface area contributed by atoms with E-state index in [1.54, 1.807) is 12.4 Å². The maximum atomic E-state index is 12.0. The molecule has 1 saturated carbocycles. The number of hydrogen-bond donors (Lipinski definition) is 2. The Kier molecular flexibility index (Phi) is 3.68. The van der Waals surface area contributed by atoms with Gasteiger partial charge in [-0.15, -0.1) is 12.4 Å². The molecular weight excluding hydrogens is 264 g/mol. The second-order valence-electron chi connectivity index (χ2n) is 4.72. The average molecular weight is 279 g/mol. The van der Waals surface area contributed by atoms with Crippen molar-refractivity contribution in [3.63, 3.8) is 0 Å². The molecule has 0 unspecified atom stereocenters. The maximum absolute atomic E-state index is 12.0. The Labute approximate surface area is 117 Å². The fourth-order valence-corrected chi connectivity index (χ4v) is 2.08. The summed E-state index contributed by atoms with van der Waals surface area (Å²) in [6.07, 6.45) is 5.81. The summed E-state index contributed by atoms with van der Waals surface area (Å²) >= 11 is 0. The van der Waals surface area contributed by atoms with Crippen molar-refractivity contribution in [3.05, 3.63) is 30.6 Å². The summed E-state index contributed by atoms with van der Waals surface area (Å²) in [7, 11) is 0. The maximum Gasteiger partial charge on any atom is 0.244 e. The van der Waals surface area contributed by atoms with Crippen LogP contribution in [-0.2, 0) is 4.79 Å². The van der Waals surface area contributed by atoms with E-state index >= 15 is 0 Å². The third-order valence-electron chi connectivity index (χ3n) is 3.43. The van der Waals surface area contributed by atoms with Crippen LogP contribution in [0.2, 0.25) is 0 Å². The van der Waals surface area contributed by atoms with E-state index in [0.717, 1.165) is 30.3 Å². The van der Waals surface area contributed by atoms with E-state index in [1.807, 2.05) is 18.2 Å². The zero-order valence-electron chi connectivity index (χ0n) is 10.3. The summed E-state index contributed by atoms with van der Waals surface area (Å²) in [6, 6.07) is 5.46. The van der Waals surface area contributed by atoms with Crippen LogP contribution in [0.25, 0.3) is 11.0 Å². The van der Waals surface area contributed by atoms with Gasteiger partial charge in [0.25, 0.3) is 0 Å². The molecule has 100 valence electrons. The van der Waals surface area contributed by atoms with Crippen LogP contribution in [0.5, 0.6) is 0 Å². The quantitative estimate of drug-likeness (QED) is 0.879. The van der Waals surface area contributed by atoms with Crippen LogP contribution in [0.4, 0.5) is 5.69 Å². The smallest absolute Gasteiger partial charge is 0.244 e. The highest BCUT2D eigenvalue weighted by molar-refractivity contribution is 5.99. The molecule has 1 heterocycles. The summed E-state index contributed by atoms with van der Waals surface area (Å²) in [5.74, 6) is -0.114. The third kappa shape index (κ3) is 2.52. The van der Waals surface area contributed by atoms with Gasteiger partial charge >= 0.3 is 0 Å². The number of rotatable bonds is 2. The number of anilines is 1. The predicted octanol–water partition coefficient (Wildman–Crippen LogP) is 1.87. The van der Waals surface area contributed by atoms with Crippen molar-refractivity contribution in [3.8, 4) is 0 Å². The Morgan fingerprint density at radius 1 is 1.21 bits per heavy atom. The Morgan fingerprint density at radius 2 is 1.89 bits per heavy atom. The summed E-state index contributed by atoms with van der Waals surface area (Å²) in [6.45, 7) is 0. The van der Waals surface area contributed by atoms with Crippen LogP contribution >= 0.6 is 12.4 Å². The molecule has 1 fully saturated rings. The molecule has 0 radical (unpaired) electrons. The van der Waals surface area contributed by atoms with Gasteiger partial charge in [0.2, 0.25) is 5.91 Å². The normalized spacial score (nSPS) is 16.3. The van der Waals surface area contributed by atoms with Gasteiger partial charge in [-0.2, -0.15) is 0 Å². The minimum Gasteiger partial charge on any atom is -0.324 e. The SMILES string of the molecule is Cl.NC1(C(=O)Nc2ccc3nccnc3c2)CCC1. The van der Waals surface area contributed by atoms with E-state index in [1.165, 1.54) is 0 Å². The molecule has 0 spiro atoms. The first-order valence-electron chi connectivity index (χ1n) is 5.98. The summed E-state index contributed by atoms with van der Waals surface area (Å²) in [5, 5.41) is 2.84. The van der Waals surface area contributed by atoms with Gasteiger partial charge in [0.15, 0.2) is 0 Å². The molecule has 2 aromatic rings. The van der Waals surface area contributed by atoms with Crippen molar-refractivity contribution in [2.45, 2.75) is 24.8 Å². The molecule has 5 nitrogen and oxygen atoms in total. The van der Waals surface area contributed by atoms with E-state index < -0.39 is 5.54 Å². The predicted molar refractivity (Wildman–Crippen MR) is 76.2 cm³/mol. The second-order valence-corrected chi connectivity index (χ2v) is 4.72. The highest BCUT2D eigenvalue weighted by Crippen LogP contribution is 2.30. The number of fused-ring (bicyclic) bond motifs is 1. The lowest BCUT2D eigenvalue weighted by Crippen LogP contribution is -2.56. The standard InChI is InChI=1S/C13H14N4O.ClH/c14-13(4-1-5-13)12(18)17-9-2-3-10-11(8-9)16-7-6-15-10;/h2-3,6-8H,1,4-5,14H2,(H,17,18);1H. The molecule has 0 saturated heterocycles. The molecule has 1 aliphatic rings. The van der Waals surface area contributed by atoms with Crippen LogP contribution in [-0.4, -0.2) is 21.4 Å². The van der Waals surface area contributed by atoms with Gasteiger partial charge in [-0.25, -0.2) is 0 Å². The fourth-order valence-electron chi connectivity index (χ4n) is 2.08. The van der Waals surface area contributed by atoms with Gasteiger partial charge in [0, 0.05) is 18.1 Å². The van der Waals surface area contributed by atoms with Crippen molar-refractivity contribution in [2.24, 2.45) is 5.73 Å². The van der Waals surface area contributed by atoms with Crippen molar-refractivity contribution < 1.29 is 4.79 Å². The molecule has 1 aromatic heterocycles. The number of amides is 1. The van der Waals surface area contributed by atoms with E-state index in [-0.39, 0.29) is 18.3 Å². The minimum absolute atomic E-state index is 0. The lowest BCUT2D eigenvalue weighted by Gasteiger charge is -2.36. The minimum atomic E-state index is -0.683. The van der Waals surface area contributed by atoms with Gasteiger partial charge in [-0.3, -0.25) is 14.8 Å². The Bertz CT molecular complexity index is 612. The number of aromatic nitrogens is 2. The highest BCUT2D eigenvalue weighted by atomic mass is 35.5. The number of nitrogens with zero attached hydrogens (tertiary/aromatic N) is 2. The molecule has 19 heavy (non-hydrogen) atoms. The first kappa shape index (κ1) is 13.7. The number of nitrogens with one attached hydrogen (secondary N) is 1. The number of carbonyl (C=O) groups is 1. The number of nitrogens with two attached hydrogens (primary N) is 1. The van der Waals surface area contributed by atoms with Crippen LogP contribution < -0.4 is 11.1 Å². The molecule has 0 atom stereocenters. The zero-order valence-corrected chi connectivity index (χ0v) is 11.1. The van der Waals surface area contributed by atoms with E-state index in [4.69, 9.17) is 5.73 Å². The van der Waals surface area contributed by atoms with Crippen LogP contribution in [0, 0.1) is 0 Å². The molecule has 0 aliphatic heterocycles. The lowest BCUT2D eigenvalue weighted by atomic mass is 9.77. The highest BCUT2D eigenvalue weighted by Gasteiger charge is 2.40. The van der Waals surface area contributed by atoms with E-state index in [0.29, 0.717) is 5.69 Å². The zero-order chi connectivity index (χ0) is 12.6. The fraction of sp³-hybridized carbons (Fsp3) is 0.308. The van der Waals surface area contributed by atoms with Gasteiger partial charge in [-0.05, 0) is 37.5 Å². The summed E-state index contributed by atoms with van der Waals surface area (Å²) < 4.78 is 0. The third-order valence-corrected chi connectivity index (χ3v) is 3.43. The van der Waals surface area contributed by atoms with Crippen molar-refractivity contribution in [2.75, 3.05) is 5.32 Å². The Hall–Kier alpha value is -1.72. The molecular formula is C13H15ClN4O. The molecule has 6 heteroatoms. The number of halogens is 1. The van der Waals surface area contributed by atoms with Gasteiger partial charge in [-0.1, -0.05) is 0 Å². The first-order valence-corrected chi connectivity index (χ1v) is 5.98. The molecule has 1 amide bonds. The number of benzene rings is 1. The lowest BCUT2D eigenvalue weighted by molar-refractivity contribution is -0.123. The van der Waals surface area contributed by atoms with Crippen LogP contribution in [0.3, 0.4) is 0 Å². The summed E-state index contributed by atoms with van der Waals surface area (Å²) in [5.41, 5.74) is 7.56. The Morgan fingerprint density at radius 3 is 2.53 bits per heavy atom. The van der Waals surface area contributed by atoms with E-state index in [9.17, 15) is 4.79 Å². The van der Waals surface area contributed by atoms with Crippen LogP contribution in [0.1, 0.15) is 19.3 Å². The van der Waals surface area contributed by atoms with Crippen molar-refractivity contribution in [1.29, 1.82) is 0 Å². The largest absolute Gasteiger partial charge is 0.324 e. The van der Waals surface area contributed by atoms with Gasteiger partial charge in [0.05, 0.1) is 16.6 Å². The first-order chi connectivity index (χ1) is 8.67. The molecule has 1 aliphatic carbocycles. The molecule has 3 rings (SSSR count). The molecule has 3 N–H and O–H groups in total.